The molecule has 0 radical (unpaired) electrons. The third-order valence-electron chi connectivity index (χ3n) is 7.66. The molecule has 12 nitrogen and oxygen atoms in total. The van der Waals surface area contributed by atoms with Crippen LogP contribution in [0.15, 0.2) is 53.4 Å². The monoisotopic (exact) mass is 685 g/mol. The first-order valence-corrected chi connectivity index (χ1v) is 17.5. The fourth-order valence-corrected chi connectivity index (χ4v) is 6.90. The number of aromatic hydroxyl groups is 1. The minimum absolute atomic E-state index is 0.0427. The Bertz CT molecular complexity index is 1640. The number of nitrogens with zero attached hydrogens (tertiary/aromatic N) is 4. The molecule has 5 rings (SSSR count). The van der Waals surface area contributed by atoms with E-state index in [1.165, 1.54) is 12.1 Å². The molecule has 4 aromatic rings. The summed E-state index contributed by atoms with van der Waals surface area (Å²) in [6, 6.07) is 8.76. The van der Waals surface area contributed by atoms with E-state index in [1.807, 2.05) is 18.3 Å². The maximum absolute atomic E-state index is 12.9. The number of rotatable bonds is 11. The number of aromatic nitrogens is 4. The molecule has 2 aromatic carbocycles. The lowest BCUT2D eigenvalue weighted by molar-refractivity contribution is -0.141. The minimum atomic E-state index is -2.71. The van der Waals surface area contributed by atoms with Gasteiger partial charge in [-0.25, -0.2) is 4.98 Å². The molecule has 44 heavy (non-hydrogen) atoms. The molecule has 14 heteroatoms. The predicted octanol–water partition coefficient (Wildman–Crippen LogP) is 5.91. The van der Waals surface area contributed by atoms with Crippen LogP contribution in [0.5, 0.6) is 11.5 Å². The number of nitrogens with one attached hydrogen (secondary N) is 3. The standard InChI is InChI=1S/C30H37BrN7O5P/c1-41-26-14-25(38-10-8-18(9-11-38)29(42-2)43-3)21(19-15-33-34-16-19)13-24(26)36-30-32-17-22(31)28(37-30)35-23-7-6-20(39)12-27(23)44(4,5)40/h6-7,12-18,29,39H,8-11H2,1-5H3,(H,33,34)(H2,32,35,36,37). The second-order valence-corrected chi connectivity index (χ2v) is 15.0. The zero-order chi connectivity index (χ0) is 31.4. The van der Waals surface area contributed by atoms with Gasteiger partial charge in [0.25, 0.3) is 0 Å². The number of halogens is 1. The summed E-state index contributed by atoms with van der Waals surface area (Å²) in [5.41, 5.74) is 4.19. The van der Waals surface area contributed by atoms with Gasteiger partial charge in [-0.05, 0) is 66.4 Å². The van der Waals surface area contributed by atoms with Gasteiger partial charge in [0.15, 0.2) is 6.29 Å². The second-order valence-electron chi connectivity index (χ2n) is 10.9. The summed E-state index contributed by atoms with van der Waals surface area (Å²) in [6.45, 7) is 4.98. The lowest BCUT2D eigenvalue weighted by Crippen LogP contribution is -2.39. The average molecular weight is 687 g/mol. The van der Waals surface area contributed by atoms with Crippen molar-refractivity contribution in [3.05, 3.63) is 53.4 Å². The third kappa shape index (κ3) is 7.02. The van der Waals surface area contributed by atoms with Gasteiger partial charge < -0.3 is 39.4 Å². The molecule has 0 unspecified atom stereocenters. The minimum Gasteiger partial charge on any atom is -0.508 e. The van der Waals surface area contributed by atoms with Crippen LogP contribution in [-0.4, -0.2) is 79.3 Å². The van der Waals surface area contributed by atoms with Crippen molar-refractivity contribution in [3.63, 3.8) is 0 Å². The fraction of sp³-hybridized carbons (Fsp3) is 0.367. The van der Waals surface area contributed by atoms with Crippen LogP contribution in [0.2, 0.25) is 0 Å². The molecule has 0 atom stereocenters. The van der Waals surface area contributed by atoms with Gasteiger partial charge in [0.1, 0.15) is 24.5 Å². The predicted molar refractivity (Wildman–Crippen MR) is 177 cm³/mol. The molecule has 3 heterocycles. The number of anilines is 5. The SMILES string of the molecule is COc1cc(N2CCC(C(OC)OC)CC2)c(-c2cn[nH]c2)cc1Nc1ncc(Br)c(Nc2ccc(O)cc2P(C)(C)=O)n1. The van der Waals surface area contributed by atoms with Crippen molar-refractivity contribution in [2.75, 3.05) is 63.3 Å². The van der Waals surface area contributed by atoms with Crippen LogP contribution in [0.4, 0.5) is 28.8 Å². The van der Waals surface area contributed by atoms with E-state index in [4.69, 9.17) is 14.2 Å². The zero-order valence-corrected chi connectivity index (χ0v) is 27.8. The number of methoxy groups -OCH3 is 3. The van der Waals surface area contributed by atoms with Crippen LogP contribution in [0.25, 0.3) is 11.1 Å². The Morgan fingerprint density at radius 1 is 1.07 bits per heavy atom. The van der Waals surface area contributed by atoms with Crippen molar-refractivity contribution in [3.8, 4) is 22.6 Å². The molecule has 234 valence electrons. The van der Waals surface area contributed by atoms with Crippen LogP contribution < -0.4 is 25.6 Å². The van der Waals surface area contributed by atoms with Crippen LogP contribution >= 0.6 is 23.1 Å². The summed E-state index contributed by atoms with van der Waals surface area (Å²) in [6.07, 6.45) is 6.92. The van der Waals surface area contributed by atoms with E-state index in [-0.39, 0.29) is 12.0 Å². The lowest BCUT2D eigenvalue weighted by Gasteiger charge is -2.37. The van der Waals surface area contributed by atoms with Gasteiger partial charge in [0.05, 0.1) is 29.2 Å². The maximum atomic E-state index is 12.9. The Morgan fingerprint density at radius 2 is 1.82 bits per heavy atom. The van der Waals surface area contributed by atoms with Gasteiger partial charge in [0, 0.05) is 73.8 Å². The normalized spacial score (nSPS) is 14.2. The highest BCUT2D eigenvalue weighted by molar-refractivity contribution is 9.10. The van der Waals surface area contributed by atoms with Gasteiger partial charge in [-0.3, -0.25) is 5.10 Å². The van der Waals surface area contributed by atoms with E-state index in [0.717, 1.165) is 42.7 Å². The average Bonchev–Trinajstić information content (AvgIpc) is 3.55. The smallest absolute Gasteiger partial charge is 0.229 e. The van der Waals surface area contributed by atoms with E-state index in [0.29, 0.717) is 44.6 Å². The largest absolute Gasteiger partial charge is 0.508 e. The molecule has 0 amide bonds. The number of ether oxygens (including phenoxy) is 3. The number of hydrogen-bond donors (Lipinski definition) is 4. The molecule has 0 bridgehead atoms. The lowest BCUT2D eigenvalue weighted by atomic mass is 9.94. The van der Waals surface area contributed by atoms with Crippen LogP contribution in [0.1, 0.15) is 12.8 Å². The Labute approximate surface area is 265 Å². The summed E-state index contributed by atoms with van der Waals surface area (Å²) < 4.78 is 30.4. The summed E-state index contributed by atoms with van der Waals surface area (Å²) >= 11 is 3.51. The molecule has 0 saturated carbocycles. The number of H-pyrrole nitrogens is 1. The molecular formula is C30H37BrN7O5P. The van der Waals surface area contributed by atoms with E-state index in [2.05, 4.69) is 51.6 Å². The van der Waals surface area contributed by atoms with Gasteiger partial charge in [-0.15, -0.1) is 0 Å². The molecule has 1 saturated heterocycles. The van der Waals surface area contributed by atoms with Crippen molar-refractivity contribution in [2.45, 2.75) is 19.1 Å². The maximum Gasteiger partial charge on any atom is 0.229 e. The molecule has 0 aliphatic carbocycles. The van der Waals surface area contributed by atoms with Gasteiger partial charge in [-0.1, -0.05) is 0 Å². The first-order chi connectivity index (χ1) is 21.1. The summed E-state index contributed by atoms with van der Waals surface area (Å²) in [5, 5.41) is 24.2. The Hall–Kier alpha value is -3.64. The Kier molecular flexibility index (Phi) is 9.79. The van der Waals surface area contributed by atoms with Crippen LogP contribution in [0.3, 0.4) is 0 Å². The van der Waals surface area contributed by atoms with E-state index in [9.17, 15) is 9.67 Å². The molecule has 0 spiro atoms. The van der Waals surface area contributed by atoms with Gasteiger partial charge >= 0.3 is 0 Å². The molecule has 1 aliphatic rings. The number of benzene rings is 2. The van der Waals surface area contributed by atoms with E-state index < -0.39 is 7.14 Å². The highest BCUT2D eigenvalue weighted by atomic mass is 79.9. The Morgan fingerprint density at radius 3 is 2.45 bits per heavy atom. The van der Waals surface area contributed by atoms with E-state index >= 15 is 0 Å². The zero-order valence-electron chi connectivity index (χ0n) is 25.3. The summed E-state index contributed by atoms with van der Waals surface area (Å²) in [4.78, 5) is 11.5. The highest BCUT2D eigenvalue weighted by Gasteiger charge is 2.29. The van der Waals surface area contributed by atoms with Gasteiger partial charge in [-0.2, -0.15) is 10.1 Å². The molecular weight excluding hydrogens is 649 g/mol. The highest BCUT2D eigenvalue weighted by Crippen LogP contribution is 2.42. The van der Waals surface area contributed by atoms with Crippen molar-refractivity contribution in [1.82, 2.24) is 20.2 Å². The summed E-state index contributed by atoms with van der Waals surface area (Å²) in [5.74, 6) is 1.77. The number of phenols is 1. The third-order valence-corrected chi connectivity index (χ3v) is 9.77. The Balaban J connectivity index is 1.46. The van der Waals surface area contributed by atoms with Gasteiger partial charge in [0.2, 0.25) is 5.95 Å². The molecule has 4 N–H and O–H groups in total. The first kappa shape index (κ1) is 31.8. The van der Waals surface area contributed by atoms with Crippen molar-refractivity contribution in [1.29, 1.82) is 0 Å². The summed E-state index contributed by atoms with van der Waals surface area (Å²) in [7, 11) is 2.29. The molecule has 1 fully saturated rings. The first-order valence-electron chi connectivity index (χ1n) is 14.1. The van der Waals surface area contributed by atoms with E-state index in [1.54, 1.807) is 53.1 Å². The molecule has 1 aliphatic heterocycles. The fourth-order valence-electron chi connectivity index (χ4n) is 5.45. The van der Waals surface area contributed by atoms with Crippen molar-refractivity contribution >= 4 is 57.2 Å². The van der Waals surface area contributed by atoms with Crippen LogP contribution in [0, 0.1) is 5.92 Å². The van der Waals surface area contributed by atoms with Crippen molar-refractivity contribution in [2.24, 2.45) is 5.92 Å². The topological polar surface area (TPSA) is 147 Å². The second kappa shape index (κ2) is 13.6. The molecule has 2 aromatic heterocycles. The number of aromatic amines is 1. The van der Waals surface area contributed by atoms with Crippen LogP contribution in [-0.2, 0) is 14.0 Å². The quantitative estimate of drug-likeness (QED) is 0.0848. The van der Waals surface area contributed by atoms with Crippen molar-refractivity contribution < 1.29 is 23.9 Å². The number of piperidine rings is 1. The number of hydrogen-bond acceptors (Lipinski definition) is 11. The number of phenolic OH excluding ortho intramolecular Hbond substituents is 1.